The Labute approximate surface area is 203 Å². The number of carbonyl (C=O) groups excluding carboxylic acids is 3. The second kappa shape index (κ2) is 11.0. The predicted octanol–water partition coefficient (Wildman–Crippen LogP) is 4.23. The number of esters is 1. The lowest BCUT2D eigenvalue weighted by Gasteiger charge is -2.31. The molecule has 1 aliphatic rings. The first-order valence-electron chi connectivity index (χ1n) is 10.9. The molecule has 2 unspecified atom stereocenters. The second-order valence-electron chi connectivity index (χ2n) is 8.30. The minimum absolute atomic E-state index is 0.0168. The third kappa shape index (κ3) is 5.49. The molecule has 0 spiro atoms. The number of nitriles is 1. The maximum absolute atomic E-state index is 12.9. The van der Waals surface area contributed by atoms with Crippen LogP contribution in [0.5, 0.6) is 0 Å². The van der Waals surface area contributed by atoms with E-state index in [-0.39, 0.29) is 22.3 Å². The zero-order valence-corrected chi connectivity index (χ0v) is 20.4. The summed E-state index contributed by atoms with van der Waals surface area (Å²) in [6.45, 7) is 6.03. The molecule has 0 bridgehead atoms. The number of anilines is 1. The SMILES string of the molecule is COC(=O)C1C(=O)NC(SCC(=O)Nc2ccccc2C)=C(C#N)C1c1ccc(C(C)C)cc1. The van der Waals surface area contributed by atoms with Gasteiger partial charge in [0.25, 0.3) is 0 Å². The number of aryl methyl sites for hydroxylation is 1. The fourth-order valence-corrected chi connectivity index (χ4v) is 4.65. The molecule has 34 heavy (non-hydrogen) atoms. The van der Waals surface area contributed by atoms with Gasteiger partial charge in [0, 0.05) is 11.6 Å². The quantitative estimate of drug-likeness (QED) is 0.456. The minimum atomic E-state index is -1.20. The summed E-state index contributed by atoms with van der Waals surface area (Å²) in [5.74, 6) is -3.27. The van der Waals surface area contributed by atoms with Crippen LogP contribution in [0.2, 0.25) is 0 Å². The second-order valence-corrected chi connectivity index (χ2v) is 9.28. The molecule has 0 radical (unpaired) electrons. The largest absolute Gasteiger partial charge is 0.468 e. The van der Waals surface area contributed by atoms with Crippen LogP contribution in [-0.2, 0) is 19.1 Å². The number of benzene rings is 2. The Morgan fingerprint density at radius 1 is 1.18 bits per heavy atom. The summed E-state index contributed by atoms with van der Waals surface area (Å²) >= 11 is 1.06. The number of methoxy groups -OCH3 is 1. The van der Waals surface area contributed by atoms with Crippen molar-refractivity contribution in [1.29, 1.82) is 5.26 Å². The number of hydrogen-bond acceptors (Lipinski definition) is 6. The van der Waals surface area contributed by atoms with Crippen molar-refractivity contribution in [1.82, 2.24) is 5.32 Å². The molecule has 0 fully saturated rings. The van der Waals surface area contributed by atoms with Gasteiger partial charge in [0.1, 0.15) is 5.92 Å². The summed E-state index contributed by atoms with van der Waals surface area (Å²) in [6, 6.07) is 17.1. The Kier molecular flexibility index (Phi) is 8.13. The van der Waals surface area contributed by atoms with Crippen LogP contribution >= 0.6 is 11.8 Å². The molecule has 8 heteroatoms. The van der Waals surface area contributed by atoms with Gasteiger partial charge in [-0.2, -0.15) is 5.26 Å². The van der Waals surface area contributed by atoms with Crippen molar-refractivity contribution in [3.8, 4) is 6.07 Å². The monoisotopic (exact) mass is 477 g/mol. The average molecular weight is 478 g/mol. The van der Waals surface area contributed by atoms with E-state index in [1.54, 1.807) is 6.07 Å². The summed E-state index contributed by atoms with van der Waals surface area (Å²) in [7, 11) is 1.21. The Bertz CT molecular complexity index is 1170. The third-order valence-corrected chi connectivity index (χ3v) is 6.73. The zero-order valence-electron chi connectivity index (χ0n) is 19.5. The van der Waals surface area contributed by atoms with E-state index in [1.165, 1.54) is 7.11 Å². The van der Waals surface area contributed by atoms with Crippen molar-refractivity contribution in [3.05, 3.63) is 75.8 Å². The van der Waals surface area contributed by atoms with Gasteiger partial charge in [0.2, 0.25) is 11.8 Å². The Balaban J connectivity index is 1.91. The van der Waals surface area contributed by atoms with E-state index >= 15 is 0 Å². The first kappa shape index (κ1) is 25.1. The van der Waals surface area contributed by atoms with Crippen LogP contribution in [0.25, 0.3) is 0 Å². The van der Waals surface area contributed by atoms with Crippen molar-refractivity contribution in [3.63, 3.8) is 0 Å². The molecule has 0 saturated heterocycles. The van der Waals surface area contributed by atoms with E-state index in [0.29, 0.717) is 17.2 Å². The summed E-state index contributed by atoms with van der Waals surface area (Å²) in [5, 5.41) is 15.8. The Morgan fingerprint density at radius 3 is 2.44 bits per heavy atom. The van der Waals surface area contributed by atoms with Crippen LogP contribution in [0.3, 0.4) is 0 Å². The molecule has 2 aromatic rings. The van der Waals surface area contributed by atoms with Gasteiger partial charge in [-0.25, -0.2) is 0 Å². The molecular weight excluding hydrogens is 450 g/mol. The van der Waals surface area contributed by atoms with Crippen molar-refractivity contribution in [2.45, 2.75) is 32.6 Å². The maximum Gasteiger partial charge on any atom is 0.319 e. The molecule has 7 nitrogen and oxygen atoms in total. The number of rotatable bonds is 7. The standard InChI is InChI=1S/C26H27N3O4S/c1-15(2)17-9-11-18(12-10-17)22-19(13-27)25(29-24(31)23(22)26(32)33-4)34-14-21(30)28-20-8-6-5-7-16(20)3/h5-12,15,22-23H,14H2,1-4H3,(H,28,30)(H,29,31). The van der Waals surface area contributed by atoms with Gasteiger partial charge >= 0.3 is 5.97 Å². The molecule has 0 aromatic heterocycles. The number of nitrogens with one attached hydrogen (secondary N) is 2. The molecular formula is C26H27N3O4S. The number of hydrogen-bond donors (Lipinski definition) is 2. The van der Waals surface area contributed by atoms with Crippen molar-refractivity contribution in [2.75, 3.05) is 18.2 Å². The lowest BCUT2D eigenvalue weighted by molar-refractivity contribution is -0.150. The van der Waals surface area contributed by atoms with E-state index in [0.717, 1.165) is 22.9 Å². The summed E-state index contributed by atoms with van der Waals surface area (Å²) in [4.78, 5) is 38.0. The molecule has 176 valence electrons. The molecule has 0 saturated carbocycles. The molecule has 2 amide bonds. The van der Waals surface area contributed by atoms with E-state index in [1.807, 2.05) is 49.4 Å². The van der Waals surface area contributed by atoms with Crippen LogP contribution in [-0.4, -0.2) is 30.6 Å². The molecule has 1 aliphatic heterocycles. The molecule has 0 aliphatic carbocycles. The van der Waals surface area contributed by atoms with Crippen molar-refractivity contribution >= 4 is 35.2 Å². The average Bonchev–Trinajstić information content (AvgIpc) is 2.83. The fourth-order valence-electron chi connectivity index (χ4n) is 3.81. The van der Waals surface area contributed by atoms with Gasteiger partial charge in [-0.15, -0.1) is 0 Å². The fraction of sp³-hybridized carbons (Fsp3) is 0.308. The lowest BCUT2D eigenvalue weighted by Crippen LogP contribution is -2.44. The number of amides is 2. The van der Waals surface area contributed by atoms with Gasteiger partial charge in [-0.3, -0.25) is 14.4 Å². The normalized spacial score (nSPS) is 17.7. The summed E-state index contributed by atoms with van der Waals surface area (Å²) < 4.78 is 4.87. The Hall–Kier alpha value is -3.57. The molecule has 2 atom stereocenters. The zero-order chi connectivity index (χ0) is 24.8. The topological polar surface area (TPSA) is 108 Å². The van der Waals surface area contributed by atoms with Crippen LogP contribution in [0, 0.1) is 24.2 Å². The number of thioether (sulfide) groups is 1. The number of carbonyl (C=O) groups is 3. The van der Waals surface area contributed by atoms with Crippen LogP contribution < -0.4 is 10.6 Å². The van der Waals surface area contributed by atoms with Gasteiger partial charge in [-0.05, 0) is 35.6 Å². The van der Waals surface area contributed by atoms with Gasteiger partial charge < -0.3 is 15.4 Å². The van der Waals surface area contributed by atoms with Gasteiger partial charge in [0.15, 0.2) is 0 Å². The number of para-hydroxylation sites is 1. The van der Waals surface area contributed by atoms with Gasteiger partial charge in [0.05, 0.1) is 29.5 Å². The highest BCUT2D eigenvalue weighted by molar-refractivity contribution is 8.03. The minimum Gasteiger partial charge on any atom is -0.468 e. The number of nitrogens with zero attached hydrogens (tertiary/aromatic N) is 1. The molecule has 2 aromatic carbocycles. The molecule has 1 heterocycles. The van der Waals surface area contributed by atoms with E-state index in [9.17, 15) is 19.6 Å². The lowest BCUT2D eigenvalue weighted by atomic mass is 9.78. The first-order chi connectivity index (χ1) is 16.3. The first-order valence-corrected chi connectivity index (χ1v) is 11.9. The molecule has 3 rings (SSSR count). The Morgan fingerprint density at radius 2 is 1.85 bits per heavy atom. The highest BCUT2D eigenvalue weighted by Gasteiger charge is 2.44. The predicted molar refractivity (Wildman–Crippen MR) is 132 cm³/mol. The highest BCUT2D eigenvalue weighted by atomic mass is 32.2. The summed E-state index contributed by atoms with van der Waals surface area (Å²) in [5.41, 5.74) is 3.61. The van der Waals surface area contributed by atoms with E-state index < -0.39 is 23.7 Å². The maximum atomic E-state index is 12.9. The van der Waals surface area contributed by atoms with E-state index in [4.69, 9.17) is 4.74 Å². The van der Waals surface area contributed by atoms with Crippen LogP contribution in [0.15, 0.2) is 59.1 Å². The number of ether oxygens (including phenoxy) is 1. The molecule has 2 N–H and O–H groups in total. The highest BCUT2D eigenvalue weighted by Crippen LogP contribution is 2.40. The smallest absolute Gasteiger partial charge is 0.319 e. The van der Waals surface area contributed by atoms with Crippen LogP contribution in [0.1, 0.15) is 42.4 Å². The van der Waals surface area contributed by atoms with E-state index in [2.05, 4.69) is 30.6 Å². The van der Waals surface area contributed by atoms with Gasteiger partial charge in [-0.1, -0.05) is 68.1 Å². The van der Waals surface area contributed by atoms with Crippen molar-refractivity contribution in [2.24, 2.45) is 5.92 Å². The summed E-state index contributed by atoms with van der Waals surface area (Å²) in [6.07, 6.45) is 0. The number of allylic oxidation sites excluding steroid dienone is 1. The third-order valence-electron chi connectivity index (χ3n) is 5.71. The van der Waals surface area contributed by atoms with Crippen molar-refractivity contribution < 1.29 is 19.1 Å². The van der Waals surface area contributed by atoms with Crippen LogP contribution in [0.4, 0.5) is 5.69 Å².